The Morgan fingerprint density at radius 1 is 1.43 bits per heavy atom. The molecule has 0 fully saturated rings. The molecule has 0 aliphatic heterocycles. The third kappa shape index (κ3) is 2.95. The summed E-state index contributed by atoms with van der Waals surface area (Å²) >= 11 is 0. The molecule has 0 unspecified atom stereocenters. The molecule has 0 atom stereocenters. The molecule has 5 heteroatoms. The first-order valence-electron chi connectivity index (χ1n) is 4.16. The lowest BCUT2D eigenvalue weighted by Crippen LogP contribution is -2.34. The molecule has 0 bridgehead atoms. The first-order valence-corrected chi connectivity index (χ1v) is 4.16. The van der Waals surface area contributed by atoms with Gasteiger partial charge in [-0.05, 0) is 24.3 Å². The lowest BCUT2D eigenvalue weighted by molar-refractivity contribution is -0.123. The quantitative estimate of drug-likeness (QED) is 0.362. The summed E-state index contributed by atoms with van der Waals surface area (Å²) in [4.78, 5) is 10.7. The van der Waals surface area contributed by atoms with E-state index in [1.807, 2.05) is 24.6 Å². The number of carbonyl (C=O) groups is 1. The summed E-state index contributed by atoms with van der Waals surface area (Å²) in [5.74, 6) is 5.17. The maximum absolute atomic E-state index is 10.7. The molecule has 1 aromatic rings. The Kier molecular flexibility index (Phi) is 3.75. The van der Waals surface area contributed by atoms with Crippen LogP contribution in [0.2, 0.25) is 0 Å². The lowest BCUT2D eigenvalue weighted by Gasteiger charge is -2.05. The van der Waals surface area contributed by atoms with Crippen LogP contribution in [-0.2, 0) is 4.79 Å². The first-order chi connectivity index (χ1) is 6.76. The van der Waals surface area contributed by atoms with E-state index in [9.17, 15) is 4.79 Å². The highest BCUT2D eigenvalue weighted by molar-refractivity contribution is 5.76. The number of anilines is 1. The second-order valence-electron chi connectivity index (χ2n) is 2.63. The molecule has 1 aromatic carbocycles. The van der Waals surface area contributed by atoms with Gasteiger partial charge in [0.1, 0.15) is 5.75 Å². The molecule has 14 heavy (non-hydrogen) atoms. The van der Waals surface area contributed by atoms with Crippen LogP contribution in [0.4, 0.5) is 5.69 Å². The standard InChI is InChI=1S/C9H13N3O2/c1-11-7-2-4-8(5-3-7)14-6-9(13)12-10/h2-5,11H,6,10H2,1H3,(H,12,13). The molecule has 5 nitrogen and oxygen atoms in total. The van der Waals surface area contributed by atoms with Crippen LogP contribution in [0.15, 0.2) is 24.3 Å². The summed E-state index contributed by atoms with van der Waals surface area (Å²) in [6.07, 6.45) is 0. The van der Waals surface area contributed by atoms with E-state index in [-0.39, 0.29) is 12.5 Å². The van der Waals surface area contributed by atoms with Crippen molar-refractivity contribution < 1.29 is 9.53 Å². The van der Waals surface area contributed by atoms with E-state index in [1.54, 1.807) is 12.1 Å². The van der Waals surface area contributed by atoms with Crippen molar-refractivity contribution in [2.45, 2.75) is 0 Å². The predicted molar refractivity (Wildman–Crippen MR) is 53.8 cm³/mol. The van der Waals surface area contributed by atoms with Gasteiger partial charge in [-0.1, -0.05) is 0 Å². The van der Waals surface area contributed by atoms with Gasteiger partial charge in [-0.2, -0.15) is 0 Å². The summed E-state index contributed by atoms with van der Waals surface area (Å²) in [6, 6.07) is 7.26. The Balaban J connectivity index is 2.47. The maximum Gasteiger partial charge on any atom is 0.271 e. The van der Waals surface area contributed by atoms with Gasteiger partial charge in [0.05, 0.1) is 0 Å². The molecule has 0 saturated heterocycles. The van der Waals surface area contributed by atoms with Crippen molar-refractivity contribution in [1.82, 2.24) is 5.43 Å². The normalized spacial score (nSPS) is 9.29. The monoisotopic (exact) mass is 195 g/mol. The SMILES string of the molecule is CNc1ccc(OCC(=O)NN)cc1. The largest absolute Gasteiger partial charge is 0.484 e. The van der Waals surface area contributed by atoms with Crippen molar-refractivity contribution in [2.24, 2.45) is 5.84 Å². The van der Waals surface area contributed by atoms with Gasteiger partial charge in [-0.15, -0.1) is 0 Å². The van der Waals surface area contributed by atoms with Crippen LogP contribution in [0.5, 0.6) is 5.75 Å². The highest BCUT2D eigenvalue weighted by atomic mass is 16.5. The zero-order valence-electron chi connectivity index (χ0n) is 7.91. The molecule has 76 valence electrons. The number of amides is 1. The summed E-state index contributed by atoms with van der Waals surface area (Å²) in [7, 11) is 1.83. The van der Waals surface area contributed by atoms with Crippen molar-refractivity contribution in [3.05, 3.63) is 24.3 Å². The molecule has 1 amide bonds. The fourth-order valence-electron chi connectivity index (χ4n) is 0.908. The Morgan fingerprint density at radius 3 is 2.57 bits per heavy atom. The Hall–Kier alpha value is -1.75. The fraction of sp³-hybridized carbons (Fsp3) is 0.222. The van der Waals surface area contributed by atoms with Crippen LogP contribution in [-0.4, -0.2) is 19.6 Å². The number of carbonyl (C=O) groups excluding carboxylic acids is 1. The third-order valence-corrected chi connectivity index (χ3v) is 1.67. The van der Waals surface area contributed by atoms with Crippen LogP contribution >= 0.6 is 0 Å². The Labute approximate surface area is 82.2 Å². The van der Waals surface area contributed by atoms with Gasteiger partial charge in [0.2, 0.25) is 0 Å². The zero-order chi connectivity index (χ0) is 10.4. The molecule has 0 aliphatic carbocycles. The number of rotatable bonds is 4. The maximum atomic E-state index is 10.7. The van der Waals surface area contributed by atoms with Gasteiger partial charge in [-0.25, -0.2) is 5.84 Å². The van der Waals surface area contributed by atoms with Crippen LogP contribution < -0.4 is 21.3 Å². The lowest BCUT2D eigenvalue weighted by atomic mass is 10.3. The second kappa shape index (κ2) is 5.08. The Morgan fingerprint density at radius 2 is 2.07 bits per heavy atom. The molecule has 1 rings (SSSR count). The van der Waals surface area contributed by atoms with Crippen molar-refractivity contribution in [2.75, 3.05) is 19.0 Å². The predicted octanol–water partition coefficient (Wildman–Crippen LogP) is 0.0970. The summed E-state index contributed by atoms with van der Waals surface area (Å²) in [5, 5.41) is 2.98. The average molecular weight is 195 g/mol. The van der Waals surface area contributed by atoms with Gasteiger partial charge in [0.25, 0.3) is 5.91 Å². The number of hydrogen-bond acceptors (Lipinski definition) is 4. The van der Waals surface area contributed by atoms with Gasteiger partial charge >= 0.3 is 0 Å². The Bertz CT molecular complexity index is 297. The number of benzene rings is 1. The second-order valence-corrected chi connectivity index (χ2v) is 2.63. The van der Waals surface area contributed by atoms with E-state index in [2.05, 4.69) is 5.32 Å². The minimum atomic E-state index is -0.359. The summed E-state index contributed by atoms with van der Waals surface area (Å²) in [5.41, 5.74) is 2.97. The minimum Gasteiger partial charge on any atom is -0.484 e. The highest BCUT2D eigenvalue weighted by Gasteiger charge is 1.99. The van der Waals surface area contributed by atoms with E-state index in [0.29, 0.717) is 5.75 Å². The van der Waals surface area contributed by atoms with Crippen LogP contribution in [0.3, 0.4) is 0 Å². The molecule has 0 aromatic heterocycles. The van der Waals surface area contributed by atoms with Crippen molar-refractivity contribution in [3.63, 3.8) is 0 Å². The number of hydrazine groups is 1. The molecule has 4 N–H and O–H groups in total. The van der Waals surface area contributed by atoms with E-state index in [0.717, 1.165) is 5.69 Å². The van der Waals surface area contributed by atoms with Crippen LogP contribution in [0, 0.1) is 0 Å². The first kappa shape index (κ1) is 10.3. The van der Waals surface area contributed by atoms with Crippen LogP contribution in [0.25, 0.3) is 0 Å². The van der Waals surface area contributed by atoms with Crippen LogP contribution in [0.1, 0.15) is 0 Å². The number of nitrogens with two attached hydrogens (primary N) is 1. The van der Waals surface area contributed by atoms with Crippen molar-refractivity contribution in [1.29, 1.82) is 0 Å². The van der Waals surface area contributed by atoms with Gasteiger partial charge < -0.3 is 10.1 Å². The smallest absolute Gasteiger partial charge is 0.271 e. The van der Waals surface area contributed by atoms with E-state index in [4.69, 9.17) is 10.6 Å². The van der Waals surface area contributed by atoms with Crippen molar-refractivity contribution in [3.8, 4) is 5.75 Å². The third-order valence-electron chi connectivity index (χ3n) is 1.67. The molecule has 0 aliphatic rings. The summed E-state index contributed by atoms with van der Waals surface area (Å²) < 4.78 is 5.14. The molecule has 0 spiro atoms. The molecule has 0 heterocycles. The van der Waals surface area contributed by atoms with Gasteiger partial charge in [0.15, 0.2) is 6.61 Å². The van der Waals surface area contributed by atoms with Gasteiger partial charge in [0, 0.05) is 12.7 Å². The number of hydrogen-bond donors (Lipinski definition) is 3. The highest BCUT2D eigenvalue weighted by Crippen LogP contribution is 2.14. The number of ether oxygens (including phenoxy) is 1. The van der Waals surface area contributed by atoms with E-state index in [1.165, 1.54) is 0 Å². The topological polar surface area (TPSA) is 76.4 Å². The molecule has 0 saturated carbocycles. The number of nitrogens with one attached hydrogen (secondary N) is 2. The van der Waals surface area contributed by atoms with E-state index >= 15 is 0 Å². The van der Waals surface area contributed by atoms with Crippen molar-refractivity contribution >= 4 is 11.6 Å². The molecular weight excluding hydrogens is 182 g/mol. The van der Waals surface area contributed by atoms with E-state index < -0.39 is 0 Å². The van der Waals surface area contributed by atoms with Gasteiger partial charge in [-0.3, -0.25) is 10.2 Å². The minimum absolute atomic E-state index is 0.0740. The fourth-order valence-corrected chi connectivity index (χ4v) is 0.908. The average Bonchev–Trinajstić information content (AvgIpc) is 2.26. The summed E-state index contributed by atoms with van der Waals surface area (Å²) in [6.45, 7) is -0.0740. The zero-order valence-corrected chi connectivity index (χ0v) is 7.91. The molecule has 0 radical (unpaired) electrons. The molecular formula is C9H13N3O2.